The van der Waals surface area contributed by atoms with E-state index in [0.29, 0.717) is 23.4 Å². The number of hydrogen-bond acceptors (Lipinski definition) is 5. The first-order valence-electron chi connectivity index (χ1n) is 5.61. The fourth-order valence-corrected chi connectivity index (χ4v) is 2.11. The van der Waals surface area contributed by atoms with Gasteiger partial charge in [-0.3, -0.25) is 4.90 Å². The quantitative estimate of drug-likeness (QED) is 0.826. The molecule has 5 nitrogen and oxygen atoms in total. The molecule has 1 fully saturated rings. The van der Waals surface area contributed by atoms with E-state index in [0.717, 1.165) is 25.9 Å². The molecule has 0 aliphatic carbocycles. The molecular formula is C11H14ClN5. The third-order valence-electron chi connectivity index (χ3n) is 2.89. The summed E-state index contributed by atoms with van der Waals surface area (Å²) in [6, 6.07) is 2.55. The van der Waals surface area contributed by atoms with Crippen LogP contribution in [-0.4, -0.2) is 40.5 Å². The Balaban J connectivity index is 1.86. The van der Waals surface area contributed by atoms with E-state index < -0.39 is 0 Å². The Morgan fingerprint density at radius 3 is 2.94 bits per heavy atom. The van der Waals surface area contributed by atoms with E-state index in [2.05, 4.69) is 26.3 Å². The highest BCUT2D eigenvalue weighted by Gasteiger charge is 2.19. The third kappa shape index (κ3) is 3.29. The first-order valence-corrected chi connectivity index (χ1v) is 5.98. The smallest absolute Gasteiger partial charge is 0.148 e. The molecule has 0 spiro atoms. The minimum atomic E-state index is 0.373. The van der Waals surface area contributed by atoms with Gasteiger partial charge in [0.05, 0.1) is 18.8 Å². The molecule has 0 unspecified atom stereocenters. The zero-order chi connectivity index (χ0) is 12.1. The SMILES string of the molecule is N#CCN1CCC(Nc2ncncc2Cl)CC1. The van der Waals surface area contributed by atoms with Crippen molar-refractivity contribution in [2.45, 2.75) is 18.9 Å². The van der Waals surface area contributed by atoms with Crippen LogP contribution >= 0.6 is 11.6 Å². The molecule has 1 saturated heterocycles. The summed E-state index contributed by atoms with van der Waals surface area (Å²) in [5.41, 5.74) is 0. The lowest BCUT2D eigenvalue weighted by atomic mass is 10.1. The molecule has 0 bridgehead atoms. The number of nitrogens with zero attached hydrogens (tertiary/aromatic N) is 4. The van der Waals surface area contributed by atoms with Crippen LogP contribution < -0.4 is 5.32 Å². The maximum absolute atomic E-state index is 8.61. The molecule has 6 heteroatoms. The number of piperidine rings is 1. The average Bonchev–Trinajstić information content (AvgIpc) is 2.35. The number of nitriles is 1. The third-order valence-corrected chi connectivity index (χ3v) is 3.17. The zero-order valence-corrected chi connectivity index (χ0v) is 10.2. The fourth-order valence-electron chi connectivity index (χ4n) is 1.95. The van der Waals surface area contributed by atoms with E-state index in [4.69, 9.17) is 16.9 Å². The van der Waals surface area contributed by atoms with E-state index in [9.17, 15) is 0 Å². The number of aromatic nitrogens is 2. The average molecular weight is 252 g/mol. The van der Waals surface area contributed by atoms with Gasteiger partial charge in [-0.15, -0.1) is 0 Å². The summed E-state index contributed by atoms with van der Waals surface area (Å²) in [5.74, 6) is 0.695. The monoisotopic (exact) mass is 251 g/mol. The van der Waals surface area contributed by atoms with Crippen LogP contribution in [0.1, 0.15) is 12.8 Å². The first-order chi connectivity index (χ1) is 8.29. The Hall–Kier alpha value is -1.38. The van der Waals surface area contributed by atoms with Gasteiger partial charge in [0.15, 0.2) is 0 Å². The number of hydrogen-bond donors (Lipinski definition) is 1. The van der Waals surface area contributed by atoms with Gasteiger partial charge in [-0.05, 0) is 12.8 Å². The predicted molar refractivity (Wildman–Crippen MR) is 65.7 cm³/mol. The molecule has 0 radical (unpaired) electrons. The Kier molecular flexibility index (Phi) is 4.13. The summed E-state index contributed by atoms with van der Waals surface area (Å²) < 4.78 is 0. The van der Waals surface area contributed by atoms with Crippen molar-refractivity contribution in [3.8, 4) is 6.07 Å². The van der Waals surface area contributed by atoms with E-state index in [-0.39, 0.29) is 0 Å². The first kappa shape index (κ1) is 12.1. The van der Waals surface area contributed by atoms with Crippen molar-refractivity contribution < 1.29 is 0 Å². The van der Waals surface area contributed by atoms with Gasteiger partial charge in [-0.2, -0.15) is 5.26 Å². The molecule has 0 amide bonds. The number of rotatable bonds is 3. The van der Waals surface area contributed by atoms with Crippen molar-refractivity contribution in [1.29, 1.82) is 5.26 Å². The van der Waals surface area contributed by atoms with Crippen LogP contribution in [0.4, 0.5) is 5.82 Å². The van der Waals surface area contributed by atoms with Crippen molar-refractivity contribution in [3.63, 3.8) is 0 Å². The zero-order valence-electron chi connectivity index (χ0n) is 9.43. The van der Waals surface area contributed by atoms with Gasteiger partial charge < -0.3 is 5.32 Å². The normalized spacial score (nSPS) is 17.6. The molecule has 1 N–H and O–H groups in total. The van der Waals surface area contributed by atoms with Crippen molar-refractivity contribution in [3.05, 3.63) is 17.5 Å². The molecule has 2 heterocycles. The van der Waals surface area contributed by atoms with Gasteiger partial charge in [0.1, 0.15) is 17.2 Å². The lowest BCUT2D eigenvalue weighted by molar-refractivity contribution is 0.242. The summed E-state index contributed by atoms with van der Waals surface area (Å²) in [6.07, 6.45) is 5.07. The Morgan fingerprint density at radius 2 is 2.29 bits per heavy atom. The number of anilines is 1. The minimum absolute atomic E-state index is 0.373. The Morgan fingerprint density at radius 1 is 1.53 bits per heavy atom. The maximum atomic E-state index is 8.61. The highest BCUT2D eigenvalue weighted by molar-refractivity contribution is 6.32. The van der Waals surface area contributed by atoms with Crippen molar-refractivity contribution in [2.24, 2.45) is 0 Å². The lowest BCUT2D eigenvalue weighted by Gasteiger charge is -2.31. The van der Waals surface area contributed by atoms with E-state index >= 15 is 0 Å². The maximum Gasteiger partial charge on any atom is 0.148 e. The second-order valence-electron chi connectivity index (χ2n) is 4.07. The predicted octanol–water partition coefficient (Wildman–Crippen LogP) is 1.53. The van der Waals surface area contributed by atoms with Crippen molar-refractivity contribution in [2.75, 3.05) is 25.0 Å². The number of likely N-dealkylation sites (tertiary alicyclic amines) is 1. The van der Waals surface area contributed by atoms with Gasteiger partial charge in [0.2, 0.25) is 0 Å². The molecule has 1 aromatic rings. The van der Waals surface area contributed by atoms with E-state index in [1.807, 2.05) is 0 Å². The highest BCUT2D eigenvalue weighted by Crippen LogP contribution is 2.20. The molecule has 1 aliphatic rings. The molecule has 0 saturated carbocycles. The fraction of sp³-hybridized carbons (Fsp3) is 0.545. The number of nitrogens with one attached hydrogen (secondary N) is 1. The molecular weight excluding hydrogens is 238 g/mol. The second-order valence-corrected chi connectivity index (χ2v) is 4.48. The standard InChI is InChI=1S/C11H14ClN5/c12-10-7-14-8-15-11(10)16-9-1-4-17(5-2-9)6-3-13/h7-9H,1-2,4-6H2,(H,14,15,16). The molecule has 0 atom stereocenters. The molecule has 1 aliphatic heterocycles. The second kappa shape index (κ2) is 5.80. The highest BCUT2D eigenvalue weighted by atomic mass is 35.5. The molecule has 17 heavy (non-hydrogen) atoms. The van der Waals surface area contributed by atoms with Crippen LogP contribution in [-0.2, 0) is 0 Å². The summed E-state index contributed by atoms with van der Waals surface area (Å²) in [6.45, 7) is 2.39. The van der Waals surface area contributed by atoms with Gasteiger partial charge in [0.25, 0.3) is 0 Å². The topological polar surface area (TPSA) is 64.8 Å². The largest absolute Gasteiger partial charge is 0.366 e. The Bertz CT molecular complexity index is 409. The summed E-state index contributed by atoms with van der Waals surface area (Å²) in [4.78, 5) is 10.1. The lowest BCUT2D eigenvalue weighted by Crippen LogP contribution is -2.39. The molecule has 90 valence electrons. The minimum Gasteiger partial charge on any atom is -0.366 e. The van der Waals surface area contributed by atoms with Gasteiger partial charge >= 0.3 is 0 Å². The molecule has 0 aromatic carbocycles. The van der Waals surface area contributed by atoms with Gasteiger partial charge in [-0.1, -0.05) is 11.6 Å². The van der Waals surface area contributed by atoms with E-state index in [1.54, 1.807) is 6.20 Å². The van der Waals surface area contributed by atoms with Crippen LogP contribution in [0.2, 0.25) is 5.02 Å². The molecule has 2 rings (SSSR count). The van der Waals surface area contributed by atoms with Gasteiger partial charge in [-0.25, -0.2) is 9.97 Å². The van der Waals surface area contributed by atoms with E-state index in [1.165, 1.54) is 6.33 Å². The number of halogens is 1. The van der Waals surface area contributed by atoms with Crippen molar-refractivity contribution >= 4 is 17.4 Å². The summed E-state index contributed by atoms with van der Waals surface area (Å²) in [7, 11) is 0. The van der Waals surface area contributed by atoms with Crippen LogP contribution in [0, 0.1) is 11.3 Å². The summed E-state index contributed by atoms with van der Waals surface area (Å²) in [5, 5.41) is 12.5. The molecule has 1 aromatic heterocycles. The summed E-state index contributed by atoms with van der Waals surface area (Å²) >= 11 is 5.98. The van der Waals surface area contributed by atoms with Crippen LogP contribution in [0.3, 0.4) is 0 Å². The van der Waals surface area contributed by atoms with Crippen molar-refractivity contribution in [1.82, 2.24) is 14.9 Å². The van der Waals surface area contributed by atoms with Crippen LogP contribution in [0.5, 0.6) is 0 Å². The van der Waals surface area contributed by atoms with Crippen LogP contribution in [0.15, 0.2) is 12.5 Å². The Labute approximate surface area is 105 Å². The van der Waals surface area contributed by atoms with Gasteiger partial charge in [0, 0.05) is 19.1 Å². The van der Waals surface area contributed by atoms with Crippen LogP contribution in [0.25, 0.3) is 0 Å².